The molecule has 1 aliphatic heterocycles. The highest BCUT2D eigenvalue weighted by molar-refractivity contribution is 7.99. The summed E-state index contributed by atoms with van der Waals surface area (Å²) in [5.41, 5.74) is 9.65. The Morgan fingerprint density at radius 2 is 2.33 bits per heavy atom. The Morgan fingerprint density at radius 3 is 3.13 bits per heavy atom. The molecule has 0 saturated carbocycles. The van der Waals surface area contributed by atoms with Gasteiger partial charge in [0.2, 0.25) is 0 Å². The van der Waals surface area contributed by atoms with Crippen LogP contribution in [0.15, 0.2) is 18.2 Å². The van der Waals surface area contributed by atoms with Gasteiger partial charge in [0.05, 0.1) is 11.4 Å². The zero-order valence-corrected chi connectivity index (χ0v) is 10.0. The number of para-hydroxylation sites is 1. The molecule has 0 atom stereocenters. The predicted molar refractivity (Wildman–Crippen MR) is 69.8 cm³/mol. The molecule has 1 aromatic rings. The van der Waals surface area contributed by atoms with E-state index in [2.05, 4.69) is 24.0 Å². The molecule has 0 bridgehead atoms. The molecule has 1 aliphatic rings. The lowest BCUT2D eigenvalue weighted by Gasteiger charge is -2.20. The second-order valence-corrected chi connectivity index (χ2v) is 5.18. The smallest absolute Gasteiger partial charge is 0.0633 e. The number of rotatable bonds is 4. The van der Waals surface area contributed by atoms with Gasteiger partial charge in [0.1, 0.15) is 0 Å². The maximum atomic E-state index is 6.02. The average molecular weight is 222 g/mol. The number of hydrogen-bond donors (Lipinski definition) is 1. The van der Waals surface area contributed by atoms with Crippen molar-refractivity contribution in [1.29, 1.82) is 0 Å². The standard InChI is InChI=1S/C12H18N2S/c1-2-15-9-8-14-7-6-10-4-3-5-11(13)12(10)14/h3-5H,2,6-9,13H2,1H3. The van der Waals surface area contributed by atoms with E-state index in [-0.39, 0.29) is 0 Å². The van der Waals surface area contributed by atoms with Crippen LogP contribution in [-0.4, -0.2) is 24.6 Å². The molecule has 3 heteroatoms. The van der Waals surface area contributed by atoms with Crippen LogP contribution in [0, 0.1) is 0 Å². The van der Waals surface area contributed by atoms with Crippen molar-refractivity contribution in [3.05, 3.63) is 23.8 Å². The fourth-order valence-electron chi connectivity index (χ4n) is 2.11. The zero-order valence-electron chi connectivity index (χ0n) is 9.20. The quantitative estimate of drug-likeness (QED) is 0.626. The van der Waals surface area contributed by atoms with Gasteiger partial charge in [-0.2, -0.15) is 11.8 Å². The number of nitrogens with two attached hydrogens (primary N) is 1. The topological polar surface area (TPSA) is 29.3 Å². The molecule has 0 amide bonds. The third-order valence-corrected chi connectivity index (χ3v) is 3.71. The van der Waals surface area contributed by atoms with Gasteiger partial charge in [-0.25, -0.2) is 0 Å². The van der Waals surface area contributed by atoms with Crippen LogP contribution in [0.25, 0.3) is 0 Å². The Labute approximate surface area is 95.8 Å². The summed E-state index contributed by atoms with van der Waals surface area (Å²) < 4.78 is 0. The number of nitrogen functional groups attached to an aromatic ring is 1. The van der Waals surface area contributed by atoms with Crippen LogP contribution in [0.1, 0.15) is 12.5 Å². The molecule has 2 nitrogen and oxygen atoms in total. The van der Waals surface area contributed by atoms with Crippen LogP contribution in [-0.2, 0) is 6.42 Å². The van der Waals surface area contributed by atoms with Crippen LogP contribution in [0.5, 0.6) is 0 Å². The van der Waals surface area contributed by atoms with Gasteiger partial charge >= 0.3 is 0 Å². The molecule has 0 fully saturated rings. The zero-order chi connectivity index (χ0) is 10.7. The Balaban J connectivity index is 2.07. The highest BCUT2D eigenvalue weighted by Crippen LogP contribution is 2.33. The molecule has 0 aliphatic carbocycles. The van der Waals surface area contributed by atoms with Gasteiger partial charge in [-0.3, -0.25) is 0 Å². The van der Waals surface area contributed by atoms with Crippen molar-refractivity contribution in [2.75, 3.05) is 35.2 Å². The second kappa shape index (κ2) is 4.79. The Hall–Kier alpha value is -0.830. The van der Waals surface area contributed by atoms with E-state index in [9.17, 15) is 0 Å². The van der Waals surface area contributed by atoms with E-state index in [0.29, 0.717) is 0 Å². The summed E-state index contributed by atoms with van der Waals surface area (Å²) in [5.74, 6) is 2.40. The van der Waals surface area contributed by atoms with Crippen LogP contribution >= 0.6 is 11.8 Å². The fraction of sp³-hybridized carbons (Fsp3) is 0.500. The van der Waals surface area contributed by atoms with Gasteiger partial charge in [-0.05, 0) is 23.8 Å². The molecule has 1 heterocycles. The molecular weight excluding hydrogens is 204 g/mol. The van der Waals surface area contributed by atoms with Crippen molar-refractivity contribution in [3.63, 3.8) is 0 Å². The first-order valence-corrected chi connectivity index (χ1v) is 6.68. The largest absolute Gasteiger partial charge is 0.397 e. The van der Waals surface area contributed by atoms with Gasteiger partial charge in [-0.15, -0.1) is 0 Å². The maximum absolute atomic E-state index is 6.02. The summed E-state index contributed by atoms with van der Waals surface area (Å²) in [4.78, 5) is 2.42. The first-order valence-electron chi connectivity index (χ1n) is 5.53. The number of nitrogens with zero attached hydrogens (tertiary/aromatic N) is 1. The average Bonchev–Trinajstić information content (AvgIpc) is 2.63. The number of benzene rings is 1. The molecule has 0 unspecified atom stereocenters. The second-order valence-electron chi connectivity index (χ2n) is 3.79. The SMILES string of the molecule is CCSCCN1CCc2cccc(N)c21. The van der Waals surface area contributed by atoms with E-state index in [1.807, 2.05) is 17.8 Å². The predicted octanol–water partition coefficient (Wildman–Crippen LogP) is 2.38. The van der Waals surface area contributed by atoms with Crippen LogP contribution in [0.4, 0.5) is 11.4 Å². The highest BCUT2D eigenvalue weighted by atomic mass is 32.2. The lowest BCUT2D eigenvalue weighted by atomic mass is 10.1. The van der Waals surface area contributed by atoms with Gasteiger partial charge in [0, 0.05) is 18.8 Å². The maximum Gasteiger partial charge on any atom is 0.0633 e. The molecular formula is C12H18N2S. The third-order valence-electron chi connectivity index (χ3n) is 2.83. The van der Waals surface area contributed by atoms with E-state index in [4.69, 9.17) is 5.73 Å². The molecule has 1 aromatic carbocycles. The number of anilines is 2. The number of thioether (sulfide) groups is 1. The molecule has 0 saturated heterocycles. The Bertz CT molecular complexity index is 338. The van der Waals surface area contributed by atoms with Gasteiger partial charge in [-0.1, -0.05) is 19.1 Å². The van der Waals surface area contributed by atoms with Crippen LogP contribution in [0.2, 0.25) is 0 Å². The summed E-state index contributed by atoms with van der Waals surface area (Å²) >= 11 is 1.99. The summed E-state index contributed by atoms with van der Waals surface area (Å²) in [6, 6.07) is 6.25. The monoisotopic (exact) mass is 222 g/mol. The Kier molecular flexibility index (Phi) is 3.41. The van der Waals surface area contributed by atoms with Crippen molar-refractivity contribution >= 4 is 23.1 Å². The minimum Gasteiger partial charge on any atom is -0.397 e. The van der Waals surface area contributed by atoms with Crippen LogP contribution in [0.3, 0.4) is 0 Å². The lowest BCUT2D eigenvalue weighted by molar-refractivity contribution is 0.874. The number of hydrogen-bond acceptors (Lipinski definition) is 3. The molecule has 0 spiro atoms. The summed E-state index contributed by atoms with van der Waals surface area (Å²) in [6.45, 7) is 4.46. The van der Waals surface area contributed by atoms with Crippen LogP contribution < -0.4 is 10.6 Å². The highest BCUT2D eigenvalue weighted by Gasteiger charge is 2.20. The lowest BCUT2D eigenvalue weighted by Crippen LogP contribution is -2.24. The van der Waals surface area contributed by atoms with E-state index in [0.717, 1.165) is 25.2 Å². The van der Waals surface area contributed by atoms with E-state index < -0.39 is 0 Å². The Morgan fingerprint density at radius 1 is 1.47 bits per heavy atom. The van der Waals surface area contributed by atoms with Crippen molar-refractivity contribution in [2.24, 2.45) is 0 Å². The molecule has 2 rings (SSSR count). The number of fused-ring (bicyclic) bond motifs is 1. The van der Waals surface area contributed by atoms with Crippen molar-refractivity contribution in [3.8, 4) is 0 Å². The van der Waals surface area contributed by atoms with Crippen molar-refractivity contribution in [2.45, 2.75) is 13.3 Å². The molecule has 82 valence electrons. The van der Waals surface area contributed by atoms with Gasteiger partial charge in [0.15, 0.2) is 0 Å². The minimum atomic E-state index is 0.937. The molecule has 2 N–H and O–H groups in total. The van der Waals surface area contributed by atoms with Crippen molar-refractivity contribution in [1.82, 2.24) is 0 Å². The normalized spacial score (nSPS) is 14.3. The van der Waals surface area contributed by atoms with E-state index in [1.165, 1.54) is 22.8 Å². The van der Waals surface area contributed by atoms with E-state index in [1.54, 1.807) is 0 Å². The summed E-state index contributed by atoms with van der Waals surface area (Å²) in [6.07, 6.45) is 1.15. The van der Waals surface area contributed by atoms with E-state index >= 15 is 0 Å². The summed E-state index contributed by atoms with van der Waals surface area (Å²) in [5, 5.41) is 0. The van der Waals surface area contributed by atoms with Gasteiger partial charge in [0.25, 0.3) is 0 Å². The fourth-order valence-corrected chi connectivity index (χ4v) is 2.75. The minimum absolute atomic E-state index is 0.937. The third kappa shape index (κ3) is 2.23. The molecule has 0 aromatic heterocycles. The van der Waals surface area contributed by atoms with Crippen molar-refractivity contribution < 1.29 is 0 Å². The molecule has 15 heavy (non-hydrogen) atoms. The first kappa shape index (κ1) is 10.7. The molecule has 0 radical (unpaired) electrons. The van der Waals surface area contributed by atoms with Gasteiger partial charge < -0.3 is 10.6 Å². The first-order chi connectivity index (χ1) is 7.33. The summed E-state index contributed by atoms with van der Waals surface area (Å²) in [7, 11) is 0.